The van der Waals surface area contributed by atoms with Crippen molar-refractivity contribution in [1.82, 2.24) is 24.4 Å². The van der Waals surface area contributed by atoms with Gasteiger partial charge in [0.15, 0.2) is 5.65 Å². The van der Waals surface area contributed by atoms with E-state index in [4.69, 9.17) is 4.74 Å². The molecule has 2 unspecified atom stereocenters. The summed E-state index contributed by atoms with van der Waals surface area (Å²) in [5, 5.41) is 2.33. The highest BCUT2D eigenvalue weighted by Crippen LogP contribution is 2.30. The number of aromatic nitrogens is 4. The zero-order valence-electron chi connectivity index (χ0n) is 19.7. The van der Waals surface area contributed by atoms with Gasteiger partial charge in [0.1, 0.15) is 17.0 Å². The molecule has 3 aromatic rings. The largest absolute Gasteiger partial charge is 0.417 e. The molecular formula is C22H26F3N7O3. The molecule has 1 fully saturated rings. The molecule has 0 radical (unpaired) electrons. The maximum Gasteiger partial charge on any atom is 0.417 e. The third-order valence-electron chi connectivity index (χ3n) is 6.18. The number of nitrogens with one attached hydrogen (secondary N) is 2. The second kappa shape index (κ2) is 9.21. The maximum atomic E-state index is 13.2. The number of likely N-dealkylation sites (N-methyl/N-ethyl adjacent to an activating group) is 1. The fourth-order valence-corrected chi connectivity index (χ4v) is 4.27. The molecule has 2 N–H and O–H groups in total. The van der Waals surface area contributed by atoms with E-state index in [2.05, 4.69) is 20.3 Å². The normalized spacial score (nSPS) is 18.7. The number of pyridine rings is 1. The van der Waals surface area contributed by atoms with E-state index in [1.807, 2.05) is 17.9 Å². The Morgan fingerprint density at radius 2 is 2.09 bits per heavy atom. The highest BCUT2D eigenvalue weighted by molar-refractivity contribution is 5.89. The number of alkyl halides is 3. The number of rotatable bonds is 4. The molecule has 4 rings (SSSR count). The van der Waals surface area contributed by atoms with Gasteiger partial charge in [-0.1, -0.05) is 0 Å². The van der Waals surface area contributed by atoms with E-state index in [1.54, 1.807) is 6.20 Å². The summed E-state index contributed by atoms with van der Waals surface area (Å²) in [6.07, 6.45) is -2.20. The van der Waals surface area contributed by atoms with Crippen molar-refractivity contribution in [3.05, 3.63) is 46.1 Å². The number of urea groups is 1. The monoisotopic (exact) mass is 493 g/mol. The Morgan fingerprint density at radius 3 is 2.77 bits per heavy atom. The Bertz CT molecular complexity index is 1300. The summed E-state index contributed by atoms with van der Waals surface area (Å²) in [4.78, 5) is 40.8. The summed E-state index contributed by atoms with van der Waals surface area (Å²) in [5.74, 6) is 0.677. The van der Waals surface area contributed by atoms with Crippen LogP contribution in [0.1, 0.15) is 17.7 Å². The van der Waals surface area contributed by atoms with Gasteiger partial charge >= 0.3 is 12.2 Å². The Kier molecular flexibility index (Phi) is 6.45. The van der Waals surface area contributed by atoms with E-state index < -0.39 is 35.1 Å². The van der Waals surface area contributed by atoms with Crippen molar-refractivity contribution >= 4 is 28.7 Å². The zero-order chi connectivity index (χ0) is 25.5. The Balaban J connectivity index is 1.49. The number of carbonyl (C=O) groups excluding carboxylic acids is 1. The van der Waals surface area contributed by atoms with E-state index in [0.29, 0.717) is 43.2 Å². The van der Waals surface area contributed by atoms with Crippen molar-refractivity contribution in [2.24, 2.45) is 7.05 Å². The van der Waals surface area contributed by atoms with Crippen molar-refractivity contribution in [3.8, 4) is 0 Å². The summed E-state index contributed by atoms with van der Waals surface area (Å²) < 4.78 is 45.9. The second-order valence-electron chi connectivity index (χ2n) is 8.59. The summed E-state index contributed by atoms with van der Waals surface area (Å²) >= 11 is 0. The molecule has 10 nitrogen and oxygen atoms in total. The van der Waals surface area contributed by atoms with Gasteiger partial charge in [0, 0.05) is 46.2 Å². The van der Waals surface area contributed by atoms with E-state index in [1.165, 1.54) is 26.1 Å². The molecule has 35 heavy (non-hydrogen) atoms. The van der Waals surface area contributed by atoms with Crippen LogP contribution in [0, 0.1) is 6.92 Å². The predicted octanol–water partition coefficient (Wildman–Crippen LogP) is 2.74. The minimum absolute atomic E-state index is 0.378. The third kappa shape index (κ3) is 4.94. The number of methoxy groups -OCH3 is 1. The lowest BCUT2D eigenvalue weighted by atomic mass is 10.0. The number of aromatic amines is 1. The van der Waals surface area contributed by atoms with Gasteiger partial charge in [-0.15, -0.1) is 0 Å². The van der Waals surface area contributed by atoms with Crippen molar-refractivity contribution in [2.75, 3.05) is 37.5 Å². The fourth-order valence-electron chi connectivity index (χ4n) is 4.27. The molecule has 0 aromatic carbocycles. The molecule has 1 saturated heterocycles. The highest BCUT2D eigenvalue weighted by atomic mass is 19.4. The highest BCUT2D eigenvalue weighted by Gasteiger charge is 2.36. The molecule has 13 heteroatoms. The summed E-state index contributed by atoms with van der Waals surface area (Å²) in [6.45, 7) is 2.90. The molecule has 0 bridgehead atoms. The SMILES string of the molecule is COC1CN(c2cnc3[nH]c(C)cc3n2)CCC1N(C)C(=O)Nc1cc(C(F)(F)F)cn(C)c1=O. The lowest BCUT2D eigenvalue weighted by Gasteiger charge is -2.42. The quantitative estimate of drug-likeness (QED) is 0.579. The molecule has 4 heterocycles. The van der Waals surface area contributed by atoms with E-state index >= 15 is 0 Å². The molecule has 1 aliphatic heterocycles. The molecule has 3 aromatic heterocycles. The Labute approximate surface area is 198 Å². The molecule has 0 aliphatic carbocycles. The van der Waals surface area contributed by atoms with Gasteiger partial charge in [0.05, 0.1) is 23.9 Å². The van der Waals surface area contributed by atoms with Crippen molar-refractivity contribution in [1.29, 1.82) is 0 Å². The van der Waals surface area contributed by atoms with Gasteiger partial charge in [0.2, 0.25) is 0 Å². The number of carbonyl (C=O) groups is 1. The first kappa shape index (κ1) is 24.5. The average molecular weight is 493 g/mol. The summed E-state index contributed by atoms with van der Waals surface area (Å²) in [6, 6.07) is 1.47. The number of H-pyrrole nitrogens is 1. The average Bonchev–Trinajstić information content (AvgIpc) is 3.19. The van der Waals surface area contributed by atoms with E-state index in [0.717, 1.165) is 15.8 Å². The standard InChI is InChI=1S/C22H26F3N7O3/c1-12-7-14-19(27-12)26-9-18(28-14)32-6-5-16(17(11-32)35-4)31(3)21(34)29-15-8-13(22(23,24)25)10-30(2)20(15)33/h7-10,16-17H,5-6,11H2,1-4H3,(H,26,27)(H,29,34). The number of nitrogens with zero attached hydrogens (tertiary/aromatic N) is 5. The van der Waals surface area contributed by atoms with Gasteiger partial charge in [0.25, 0.3) is 5.56 Å². The molecular weight excluding hydrogens is 467 g/mol. The topological polar surface area (TPSA) is 108 Å². The molecule has 0 saturated carbocycles. The predicted molar refractivity (Wildman–Crippen MR) is 124 cm³/mol. The number of ether oxygens (including phenoxy) is 1. The number of halogens is 3. The van der Waals surface area contributed by atoms with Gasteiger partial charge in [-0.25, -0.2) is 14.8 Å². The zero-order valence-corrected chi connectivity index (χ0v) is 19.7. The number of amides is 2. The van der Waals surface area contributed by atoms with Crippen molar-refractivity contribution in [2.45, 2.75) is 31.7 Å². The van der Waals surface area contributed by atoms with Gasteiger partial charge < -0.3 is 29.4 Å². The van der Waals surface area contributed by atoms with Gasteiger partial charge in [-0.3, -0.25) is 4.79 Å². The number of hydrogen-bond donors (Lipinski definition) is 2. The third-order valence-corrected chi connectivity index (χ3v) is 6.18. The number of anilines is 2. The Morgan fingerprint density at radius 1 is 1.34 bits per heavy atom. The van der Waals surface area contributed by atoms with E-state index in [9.17, 15) is 22.8 Å². The first-order chi connectivity index (χ1) is 16.5. The van der Waals surface area contributed by atoms with Crippen LogP contribution in [0.5, 0.6) is 0 Å². The Hall–Kier alpha value is -3.61. The molecule has 1 aliphatic rings. The molecule has 188 valence electrons. The van der Waals surface area contributed by atoms with Crippen LogP contribution < -0.4 is 15.8 Å². The minimum Gasteiger partial charge on any atom is -0.377 e. The van der Waals surface area contributed by atoms with Crippen LogP contribution in [0.25, 0.3) is 11.2 Å². The summed E-state index contributed by atoms with van der Waals surface area (Å²) in [5.41, 5.74) is 0.171. The van der Waals surface area contributed by atoms with E-state index in [-0.39, 0.29) is 6.04 Å². The molecule has 2 atom stereocenters. The van der Waals surface area contributed by atoms with Crippen molar-refractivity contribution in [3.63, 3.8) is 0 Å². The van der Waals surface area contributed by atoms with Crippen LogP contribution >= 0.6 is 0 Å². The lowest BCUT2D eigenvalue weighted by Crippen LogP contribution is -2.56. The number of aryl methyl sites for hydroxylation is 2. The summed E-state index contributed by atoms with van der Waals surface area (Å²) in [7, 11) is 4.25. The lowest BCUT2D eigenvalue weighted by molar-refractivity contribution is -0.138. The first-order valence-corrected chi connectivity index (χ1v) is 10.9. The number of fused-ring (bicyclic) bond motifs is 1. The van der Waals surface area contributed by atoms with Crippen LogP contribution in [-0.4, -0.2) is 69.8 Å². The smallest absolute Gasteiger partial charge is 0.377 e. The van der Waals surface area contributed by atoms with Crippen LogP contribution in [0.2, 0.25) is 0 Å². The van der Waals surface area contributed by atoms with Crippen LogP contribution in [0.3, 0.4) is 0 Å². The van der Waals surface area contributed by atoms with Crippen LogP contribution in [0.15, 0.2) is 29.3 Å². The van der Waals surface area contributed by atoms with Crippen LogP contribution in [-0.2, 0) is 18.0 Å². The minimum atomic E-state index is -4.66. The fraction of sp³-hybridized carbons (Fsp3) is 0.455. The molecule has 0 spiro atoms. The van der Waals surface area contributed by atoms with Gasteiger partial charge in [-0.2, -0.15) is 13.2 Å². The number of piperidine rings is 1. The maximum absolute atomic E-state index is 13.2. The first-order valence-electron chi connectivity index (χ1n) is 10.9. The number of hydrogen-bond acceptors (Lipinski definition) is 6. The van der Waals surface area contributed by atoms with Crippen LogP contribution in [0.4, 0.5) is 29.5 Å². The van der Waals surface area contributed by atoms with Crippen molar-refractivity contribution < 1.29 is 22.7 Å². The second-order valence-corrected chi connectivity index (χ2v) is 8.59. The van der Waals surface area contributed by atoms with Gasteiger partial charge in [-0.05, 0) is 25.5 Å². The molecule has 2 amide bonds.